The molecule has 39 heavy (non-hydrogen) atoms. The number of nitrogens with zero attached hydrogens (tertiary/aromatic N) is 3. The Morgan fingerprint density at radius 3 is 1.92 bits per heavy atom. The summed E-state index contributed by atoms with van der Waals surface area (Å²) >= 11 is 0. The van der Waals surface area contributed by atoms with Crippen LogP contribution in [-0.4, -0.2) is 32.6 Å². The molecule has 0 aliphatic carbocycles. The van der Waals surface area contributed by atoms with Gasteiger partial charge in [-0.3, -0.25) is 9.55 Å². The van der Waals surface area contributed by atoms with Gasteiger partial charge in [0.2, 0.25) is 0 Å². The lowest BCUT2D eigenvalue weighted by Gasteiger charge is -2.23. The van der Waals surface area contributed by atoms with E-state index < -0.39 is 5.69 Å². The summed E-state index contributed by atoms with van der Waals surface area (Å²) in [6.45, 7) is 0. The summed E-state index contributed by atoms with van der Waals surface area (Å²) in [5.41, 5.74) is 4.39. The number of hydrogen-bond acceptors (Lipinski definition) is 4. The first-order chi connectivity index (χ1) is 19.0. The largest absolute Gasteiger partial charge is 0.367 e. The van der Waals surface area contributed by atoms with Gasteiger partial charge in [-0.15, -0.1) is 0 Å². The summed E-state index contributed by atoms with van der Waals surface area (Å²) in [6.07, 6.45) is 1.81. The molecule has 0 amide bonds. The average molecular weight is 505 g/mol. The molecule has 2 aromatic heterocycles. The normalized spacial score (nSPS) is 11.9. The fourth-order valence-electron chi connectivity index (χ4n) is 5.59. The fourth-order valence-corrected chi connectivity index (χ4v) is 5.59. The highest BCUT2D eigenvalue weighted by Crippen LogP contribution is 2.43. The molecule has 186 valence electrons. The summed E-state index contributed by atoms with van der Waals surface area (Å²) in [4.78, 5) is 9.22. The van der Waals surface area contributed by atoms with Gasteiger partial charge in [0.25, 0.3) is 0 Å². The van der Waals surface area contributed by atoms with Gasteiger partial charge in [-0.1, -0.05) is 84.9 Å². The fraction of sp³-hybridized carbons (Fsp3) is 0.0303. The van der Waals surface area contributed by atoms with Crippen molar-refractivity contribution in [2.75, 3.05) is 0 Å². The second kappa shape index (κ2) is 8.91. The van der Waals surface area contributed by atoms with Gasteiger partial charge in [-0.2, -0.15) is 0 Å². The van der Waals surface area contributed by atoms with E-state index in [1.54, 1.807) is 0 Å². The van der Waals surface area contributed by atoms with Crippen molar-refractivity contribution < 1.29 is 10.2 Å². The third-order valence-corrected chi connectivity index (χ3v) is 7.22. The number of imidazole rings is 1. The van der Waals surface area contributed by atoms with E-state index in [-0.39, 0.29) is 5.82 Å². The molecule has 0 saturated heterocycles. The van der Waals surface area contributed by atoms with Crippen molar-refractivity contribution >= 4 is 40.4 Å². The Hall–Kier alpha value is -4.78. The van der Waals surface area contributed by atoms with Crippen molar-refractivity contribution in [2.24, 2.45) is 0 Å². The van der Waals surface area contributed by atoms with Crippen LogP contribution in [0.1, 0.15) is 5.82 Å². The molecular formula is C33H24BN3O2. The number of aliphatic hydroxyl groups is 2. The van der Waals surface area contributed by atoms with E-state index >= 15 is 0 Å². The van der Waals surface area contributed by atoms with Gasteiger partial charge in [-0.25, -0.2) is 4.98 Å². The Labute approximate surface area is 226 Å². The van der Waals surface area contributed by atoms with Crippen LogP contribution >= 0.6 is 0 Å². The van der Waals surface area contributed by atoms with Gasteiger partial charge in [-0.05, 0) is 52.2 Å². The quantitative estimate of drug-likeness (QED) is 0.181. The molecular weight excluding hydrogens is 481 g/mol. The number of fused-ring (bicyclic) bond motifs is 3. The Kier molecular flexibility index (Phi) is 5.34. The molecule has 0 fully saturated rings. The van der Waals surface area contributed by atoms with Crippen LogP contribution in [0.25, 0.3) is 60.6 Å². The first-order valence-electron chi connectivity index (χ1n) is 12.9. The van der Waals surface area contributed by atoms with Crippen LogP contribution in [0.5, 0.6) is 0 Å². The Balaban J connectivity index is 1.62. The molecule has 0 saturated carbocycles. The summed E-state index contributed by atoms with van der Waals surface area (Å²) in [5.74, 6) is 0.170. The summed E-state index contributed by atoms with van der Waals surface area (Å²) < 4.78 is 1.90. The summed E-state index contributed by atoms with van der Waals surface area (Å²) in [5, 5.41) is 25.7. The minimum Gasteiger partial charge on any atom is -0.367 e. The predicted octanol–water partition coefficient (Wildman–Crippen LogP) is 5.79. The molecule has 0 aliphatic rings. The summed E-state index contributed by atoms with van der Waals surface area (Å²) in [6, 6.07) is 38.7. The van der Waals surface area contributed by atoms with E-state index in [2.05, 4.69) is 58.5 Å². The predicted molar refractivity (Wildman–Crippen MR) is 159 cm³/mol. The molecule has 5 nitrogen and oxygen atoms in total. The molecule has 0 radical (unpaired) electrons. The van der Waals surface area contributed by atoms with Crippen molar-refractivity contribution in [1.29, 1.82) is 0 Å². The number of pyridine rings is 1. The zero-order chi connectivity index (χ0) is 26.6. The van der Waals surface area contributed by atoms with Gasteiger partial charge in [0.1, 0.15) is 0 Å². The Bertz CT molecular complexity index is 1950. The molecule has 0 unspecified atom stereocenters. The molecule has 0 atom stereocenters. The van der Waals surface area contributed by atoms with Crippen molar-refractivity contribution in [3.8, 4) is 28.1 Å². The molecule has 2 heterocycles. The van der Waals surface area contributed by atoms with Crippen LogP contribution in [0.2, 0.25) is 0 Å². The van der Waals surface area contributed by atoms with Gasteiger partial charge in [0.15, 0.2) is 19.4 Å². The SMILES string of the molecule is BC(O)(O)c1nc2ccccc2n1-c1c2ccccc2c(-c2cccc(-c3ccccn3)c2)c2ccccc12. The van der Waals surface area contributed by atoms with Gasteiger partial charge in [0, 0.05) is 22.5 Å². The van der Waals surface area contributed by atoms with E-state index in [1.165, 1.54) is 7.85 Å². The highest BCUT2D eigenvalue weighted by molar-refractivity contribution is 6.19. The third kappa shape index (κ3) is 3.81. The van der Waals surface area contributed by atoms with Crippen molar-refractivity contribution in [3.63, 3.8) is 0 Å². The number of hydrogen-bond donors (Lipinski definition) is 2. The van der Waals surface area contributed by atoms with Crippen LogP contribution < -0.4 is 0 Å². The lowest BCUT2D eigenvalue weighted by Crippen LogP contribution is -2.29. The van der Waals surface area contributed by atoms with E-state index in [0.29, 0.717) is 5.52 Å². The smallest absolute Gasteiger partial charge is 0.188 e. The number of aromatic nitrogens is 3. The van der Waals surface area contributed by atoms with E-state index in [1.807, 2.05) is 77.5 Å². The lowest BCUT2D eigenvalue weighted by molar-refractivity contribution is -0.0985. The van der Waals surface area contributed by atoms with E-state index in [0.717, 1.165) is 55.1 Å². The van der Waals surface area contributed by atoms with Crippen LogP contribution in [-0.2, 0) is 5.69 Å². The van der Waals surface area contributed by atoms with Gasteiger partial charge < -0.3 is 10.2 Å². The Morgan fingerprint density at radius 2 is 1.26 bits per heavy atom. The molecule has 2 N–H and O–H groups in total. The van der Waals surface area contributed by atoms with E-state index in [9.17, 15) is 10.2 Å². The number of rotatable bonds is 4. The molecule has 7 aromatic rings. The van der Waals surface area contributed by atoms with Crippen LogP contribution in [0.3, 0.4) is 0 Å². The highest BCUT2D eigenvalue weighted by atomic mass is 16.5. The van der Waals surface area contributed by atoms with Crippen molar-refractivity contribution in [3.05, 3.63) is 127 Å². The average Bonchev–Trinajstić information content (AvgIpc) is 3.36. The first-order valence-corrected chi connectivity index (χ1v) is 12.9. The second-order valence-corrected chi connectivity index (χ2v) is 9.89. The van der Waals surface area contributed by atoms with Gasteiger partial charge in [0.05, 0.1) is 22.4 Å². The molecule has 7 rings (SSSR count). The second-order valence-electron chi connectivity index (χ2n) is 9.89. The maximum atomic E-state index is 10.8. The maximum Gasteiger partial charge on any atom is 0.188 e. The highest BCUT2D eigenvalue weighted by Gasteiger charge is 2.29. The third-order valence-electron chi connectivity index (χ3n) is 7.22. The van der Waals surface area contributed by atoms with Crippen molar-refractivity contribution in [1.82, 2.24) is 14.5 Å². The van der Waals surface area contributed by atoms with Crippen LogP contribution in [0, 0.1) is 0 Å². The number of benzene rings is 5. The molecule has 0 bridgehead atoms. The topological polar surface area (TPSA) is 71.2 Å². The zero-order valence-corrected chi connectivity index (χ0v) is 21.3. The van der Waals surface area contributed by atoms with Crippen molar-refractivity contribution in [2.45, 2.75) is 5.69 Å². The molecule has 0 spiro atoms. The minimum atomic E-state index is -2.14. The minimum absolute atomic E-state index is 0.170. The maximum absolute atomic E-state index is 10.8. The zero-order valence-electron chi connectivity index (χ0n) is 21.3. The first kappa shape index (κ1) is 23.3. The number of para-hydroxylation sites is 2. The van der Waals surface area contributed by atoms with Gasteiger partial charge >= 0.3 is 0 Å². The van der Waals surface area contributed by atoms with Crippen LogP contribution in [0.15, 0.2) is 121 Å². The summed E-state index contributed by atoms with van der Waals surface area (Å²) in [7, 11) is 1.35. The Morgan fingerprint density at radius 1 is 0.641 bits per heavy atom. The van der Waals surface area contributed by atoms with E-state index in [4.69, 9.17) is 0 Å². The lowest BCUT2D eigenvalue weighted by atomic mass is 9.89. The monoisotopic (exact) mass is 505 g/mol. The molecule has 6 heteroatoms. The standard InChI is InChI=1S/C33H24BN3O2/c34-33(38,39)32-36-28-17-5-6-18-29(28)37(32)31-25-14-3-1-12-23(25)30(24-13-2-4-15-26(24)31)22-11-9-10-21(20-22)27-16-7-8-19-35-27/h1-20,38-39H,34H2. The molecule has 0 aliphatic heterocycles. The molecule has 5 aromatic carbocycles. The van der Waals surface area contributed by atoms with Crippen LogP contribution in [0.4, 0.5) is 0 Å².